The van der Waals surface area contributed by atoms with Gasteiger partial charge in [0.05, 0.1) is 18.5 Å². The Kier molecular flexibility index (Phi) is 4.78. The molecular weight excluding hydrogens is 342 g/mol. The van der Waals surface area contributed by atoms with Crippen molar-refractivity contribution >= 4 is 11.7 Å². The normalized spacial score (nSPS) is 12.5. The van der Waals surface area contributed by atoms with Crippen LogP contribution in [0.2, 0.25) is 0 Å². The molecule has 0 radical (unpaired) electrons. The Bertz CT molecular complexity index is 951. The van der Waals surface area contributed by atoms with Crippen LogP contribution in [0.5, 0.6) is 11.5 Å². The molecule has 0 bridgehead atoms. The van der Waals surface area contributed by atoms with Crippen molar-refractivity contribution in [2.75, 3.05) is 19.0 Å². The lowest BCUT2D eigenvalue weighted by molar-refractivity contribution is -0.118. The van der Waals surface area contributed by atoms with E-state index in [0.717, 1.165) is 42.0 Å². The van der Waals surface area contributed by atoms with Crippen molar-refractivity contribution in [1.82, 2.24) is 9.78 Å². The number of methoxy groups -OCH3 is 1. The van der Waals surface area contributed by atoms with Crippen LogP contribution >= 0.6 is 0 Å². The first kappa shape index (κ1) is 17.1. The molecule has 1 aliphatic rings. The largest absolute Gasteiger partial charge is 0.493 e. The second kappa shape index (κ2) is 7.53. The third-order valence-electron chi connectivity index (χ3n) is 4.59. The maximum Gasteiger partial charge on any atom is 0.263 e. The fraction of sp³-hybridized carbons (Fsp3) is 0.238. The van der Waals surface area contributed by atoms with Crippen molar-refractivity contribution < 1.29 is 14.3 Å². The summed E-state index contributed by atoms with van der Waals surface area (Å²) < 4.78 is 12.7. The van der Waals surface area contributed by atoms with Gasteiger partial charge in [-0.25, -0.2) is 4.68 Å². The molecule has 1 aliphatic carbocycles. The van der Waals surface area contributed by atoms with E-state index in [0.29, 0.717) is 11.5 Å². The van der Waals surface area contributed by atoms with E-state index < -0.39 is 0 Å². The number of amides is 1. The van der Waals surface area contributed by atoms with Crippen molar-refractivity contribution in [3.8, 4) is 17.2 Å². The summed E-state index contributed by atoms with van der Waals surface area (Å²) in [4.78, 5) is 12.5. The Balaban J connectivity index is 1.53. The molecule has 4 rings (SSSR count). The van der Waals surface area contributed by atoms with Crippen LogP contribution in [-0.2, 0) is 17.6 Å². The smallest absolute Gasteiger partial charge is 0.263 e. The molecule has 3 aromatic rings. The minimum Gasteiger partial charge on any atom is -0.493 e. The Labute approximate surface area is 157 Å². The molecule has 138 valence electrons. The molecule has 0 saturated heterocycles. The number of nitrogens with zero attached hydrogens (tertiary/aromatic N) is 2. The predicted octanol–water partition coefficient (Wildman–Crippen LogP) is 3.39. The minimum absolute atomic E-state index is 0.102. The zero-order valence-corrected chi connectivity index (χ0v) is 15.1. The fourth-order valence-electron chi connectivity index (χ4n) is 3.33. The molecular formula is C21H21N3O3. The lowest BCUT2D eigenvalue weighted by atomic mass is 10.2. The molecule has 2 aromatic carbocycles. The molecule has 1 heterocycles. The van der Waals surface area contributed by atoms with Gasteiger partial charge < -0.3 is 14.8 Å². The van der Waals surface area contributed by atoms with Crippen LogP contribution in [0.3, 0.4) is 0 Å². The summed E-state index contributed by atoms with van der Waals surface area (Å²) >= 11 is 0. The molecule has 0 fully saturated rings. The van der Waals surface area contributed by atoms with Gasteiger partial charge in [-0.2, -0.15) is 5.10 Å². The van der Waals surface area contributed by atoms with Crippen LogP contribution in [0.1, 0.15) is 17.7 Å². The van der Waals surface area contributed by atoms with Gasteiger partial charge in [0.2, 0.25) is 0 Å². The highest BCUT2D eigenvalue weighted by molar-refractivity contribution is 5.92. The summed E-state index contributed by atoms with van der Waals surface area (Å²) in [5.41, 5.74) is 3.09. The minimum atomic E-state index is -0.229. The van der Waals surface area contributed by atoms with Gasteiger partial charge in [0.25, 0.3) is 5.91 Å². The Hall–Kier alpha value is -3.28. The van der Waals surface area contributed by atoms with Gasteiger partial charge in [0, 0.05) is 5.56 Å². The van der Waals surface area contributed by atoms with E-state index >= 15 is 0 Å². The molecule has 1 N–H and O–H groups in total. The highest BCUT2D eigenvalue weighted by atomic mass is 16.5. The molecule has 1 amide bonds. The Morgan fingerprint density at radius 2 is 1.81 bits per heavy atom. The predicted molar refractivity (Wildman–Crippen MR) is 103 cm³/mol. The van der Waals surface area contributed by atoms with Crippen LogP contribution in [0, 0.1) is 0 Å². The second-order valence-electron chi connectivity index (χ2n) is 6.36. The summed E-state index contributed by atoms with van der Waals surface area (Å²) in [5, 5.41) is 7.69. The Morgan fingerprint density at radius 1 is 1.07 bits per heavy atom. The van der Waals surface area contributed by atoms with Crippen molar-refractivity contribution in [3.63, 3.8) is 0 Å². The van der Waals surface area contributed by atoms with Crippen molar-refractivity contribution in [2.24, 2.45) is 0 Å². The first-order chi connectivity index (χ1) is 13.3. The van der Waals surface area contributed by atoms with Crippen molar-refractivity contribution in [1.29, 1.82) is 0 Å². The molecule has 0 aliphatic heterocycles. The molecule has 6 heteroatoms. The summed E-state index contributed by atoms with van der Waals surface area (Å²) in [6, 6.07) is 17.1. The van der Waals surface area contributed by atoms with Crippen LogP contribution in [0.4, 0.5) is 5.82 Å². The zero-order chi connectivity index (χ0) is 18.6. The number of para-hydroxylation sites is 3. The van der Waals surface area contributed by atoms with E-state index in [1.165, 1.54) is 0 Å². The fourth-order valence-corrected chi connectivity index (χ4v) is 3.33. The van der Waals surface area contributed by atoms with Gasteiger partial charge in [-0.3, -0.25) is 4.79 Å². The molecule has 0 spiro atoms. The second-order valence-corrected chi connectivity index (χ2v) is 6.36. The van der Waals surface area contributed by atoms with Crippen LogP contribution in [0.15, 0.2) is 54.6 Å². The number of rotatable bonds is 6. The molecule has 1 aromatic heterocycles. The average molecular weight is 363 g/mol. The number of carbonyl (C=O) groups excluding carboxylic acids is 1. The Morgan fingerprint density at radius 3 is 2.59 bits per heavy atom. The summed E-state index contributed by atoms with van der Waals surface area (Å²) in [7, 11) is 1.57. The van der Waals surface area contributed by atoms with Gasteiger partial charge in [-0.1, -0.05) is 30.3 Å². The van der Waals surface area contributed by atoms with Gasteiger partial charge >= 0.3 is 0 Å². The number of anilines is 1. The van der Waals surface area contributed by atoms with Gasteiger partial charge in [-0.15, -0.1) is 0 Å². The number of aryl methyl sites for hydroxylation is 1. The molecule has 6 nitrogen and oxygen atoms in total. The van der Waals surface area contributed by atoms with E-state index in [1.807, 2.05) is 47.1 Å². The zero-order valence-electron chi connectivity index (χ0n) is 15.1. The number of carbonyl (C=O) groups is 1. The third kappa shape index (κ3) is 3.51. The van der Waals surface area contributed by atoms with Crippen molar-refractivity contribution in [3.05, 3.63) is 65.9 Å². The number of aromatic nitrogens is 2. The summed E-state index contributed by atoms with van der Waals surface area (Å²) in [6.45, 7) is -0.102. The quantitative estimate of drug-likeness (QED) is 0.729. The van der Waals surface area contributed by atoms with Crippen LogP contribution in [-0.4, -0.2) is 29.4 Å². The van der Waals surface area contributed by atoms with Gasteiger partial charge in [-0.05, 0) is 43.5 Å². The monoisotopic (exact) mass is 363 g/mol. The first-order valence-electron chi connectivity index (χ1n) is 8.98. The summed E-state index contributed by atoms with van der Waals surface area (Å²) in [5.74, 6) is 1.65. The average Bonchev–Trinajstić information content (AvgIpc) is 3.30. The third-order valence-corrected chi connectivity index (χ3v) is 4.59. The SMILES string of the molecule is COc1ccccc1OCC(=O)Nc1c2c(nn1-c1ccccc1)CCC2. The number of hydrogen-bond donors (Lipinski definition) is 1. The van der Waals surface area contributed by atoms with Crippen molar-refractivity contribution in [2.45, 2.75) is 19.3 Å². The van der Waals surface area contributed by atoms with E-state index in [4.69, 9.17) is 14.6 Å². The maximum absolute atomic E-state index is 12.5. The van der Waals surface area contributed by atoms with E-state index in [-0.39, 0.29) is 12.5 Å². The highest BCUT2D eigenvalue weighted by Crippen LogP contribution is 2.31. The van der Waals surface area contributed by atoms with Crippen LogP contribution in [0.25, 0.3) is 5.69 Å². The number of hydrogen-bond acceptors (Lipinski definition) is 4. The van der Waals surface area contributed by atoms with E-state index in [1.54, 1.807) is 19.2 Å². The first-order valence-corrected chi connectivity index (χ1v) is 8.98. The van der Waals surface area contributed by atoms with Gasteiger partial charge in [0.15, 0.2) is 18.1 Å². The molecule has 27 heavy (non-hydrogen) atoms. The lowest BCUT2D eigenvalue weighted by Crippen LogP contribution is -2.22. The topological polar surface area (TPSA) is 65.4 Å². The van der Waals surface area contributed by atoms with E-state index in [2.05, 4.69) is 5.32 Å². The molecule has 0 unspecified atom stereocenters. The number of nitrogens with one attached hydrogen (secondary N) is 1. The maximum atomic E-state index is 12.5. The number of ether oxygens (including phenoxy) is 2. The lowest BCUT2D eigenvalue weighted by Gasteiger charge is -2.13. The number of fused-ring (bicyclic) bond motifs is 1. The molecule has 0 atom stereocenters. The van der Waals surface area contributed by atoms with Crippen LogP contribution < -0.4 is 14.8 Å². The standard InChI is InChI=1S/C21H21N3O3/c1-26-18-12-5-6-13-19(18)27-14-20(25)22-21-16-10-7-11-17(16)23-24(21)15-8-3-2-4-9-15/h2-6,8-9,12-13H,7,10-11,14H2,1H3,(H,22,25). The highest BCUT2D eigenvalue weighted by Gasteiger charge is 2.24. The van der Waals surface area contributed by atoms with Gasteiger partial charge in [0.1, 0.15) is 5.82 Å². The molecule has 0 saturated carbocycles. The number of benzene rings is 2. The van der Waals surface area contributed by atoms with E-state index in [9.17, 15) is 4.79 Å². The summed E-state index contributed by atoms with van der Waals surface area (Å²) in [6.07, 6.45) is 2.93.